The summed E-state index contributed by atoms with van der Waals surface area (Å²) in [5, 5.41) is 0. The molecule has 1 amide bonds. The molecule has 1 N–H and O–H groups in total. The maximum absolute atomic E-state index is 12.7. The molecule has 0 bridgehead atoms. The largest absolute Gasteiger partial charge is 0.448 e. The summed E-state index contributed by atoms with van der Waals surface area (Å²) in [5.74, 6) is 0.0387. The molecule has 1 aliphatic carbocycles. The highest BCUT2D eigenvalue weighted by Crippen LogP contribution is 2.44. The Balaban J connectivity index is 1.34. The highest BCUT2D eigenvalue weighted by Gasteiger charge is 2.30. The Morgan fingerprint density at radius 2 is 1.71 bits per heavy atom. The molecule has 2 aromatic carbocycles. The number of H-pyrrole nitrogens is 1. The van der Waals surface area contributed by atoms with Crippen LogP contribution in [-0.4, -0.2) is 29.1 Å². The molecule has 0 saturated carbocycles. The first-order chi connectivity index (χ1) is 13.7. The van der Waals surface area contributed by atoms with Gasteiger partial charge >= 0.3 is 6.09 Å². The Morgan fingerprint density at radius 1 is 1.04 bits per heavy atom. The summed E-state index contributed by atoms with van der Waals surface area (Å²) in [6.07, 6.45) is 1.93. The van der Waals surface area contributed by atoms with Crippen LogP contribution in [0, 0.1) is 0 Å². The Kier molecular flexibility index (Phi) is 4.01. The van der Waals surface area contributed by atoms with E-state index in [1.807, 2.05) is 24.3 Å². The van der Waals surface area contributed by atoms with Crippen LogP contribution in [-0.2, 0) is 17.7 Å². The van der Waals surface area contributed by atoms with E-state index in [9.17, 15) is 9.59 Å². The fourth-order valence-electron chi connectivity index (χ4n) is 4.31. The number of nitrogens with zero attached hydrogens (tertiary/aromatic N) is 1. The van der Waals surface area contributed by atoms with Gasteiger partial charge in [-0.05, 0) is 22.3 Å². The average Bonchev–Trinajstić information content (AvgIpc) is 3.06. The number of aromatic amines is 1. The van der Waals surface area contributed by atoms with Gasteiger partial charge in [-0.15, -0.1) is 0 Å². The predicted molar refractivity (Wildman–Crippen MR) is 106 cm³/mol. The Hall–Kier alpha value is -3.34. The van der Waals surface area contributed by atoms with Crippen LogP contribution >= 0.6 is 0 Å². The van der Waals surface area contributed by atoms with Crippen molar-refractivity contribution < 1.29 is 9.53 Å². The van der Waals surface area contributed by atoms with Crippen LogP contribution in [0.5, 0.6) is 0 Å². The number of fused-ring (bicyclic) bond motifs is 4. The standard InChI is InChI=1S/C23H20N2O3/c26-22-9-11-24-21-10-12-25(13-19(21)22)23(27)28-14-20-17-7-3-1-5-15(17)16-6-2-4-8-18(16)20/h1-9,11,20H,10,12-14H2,(H,24,26). The van der Waals surface area contributed by atoms with Crippen molar-refractivity contribution in [2.45, 2.75) is 18.9 Å². The summed E-state index contributed by atoms with van der Waals surface area (Å²) in [4.78, 5) is 29.5. The highest BCUT2D eigenvalue weighted by atomic mass is 16.6. The van der Waals surface area contributed by atoms with E-state index in [-0.39, 0.29) is 17.4 Å². The number of carbonyl (C=O) groups excluding carboxylic acids is 1. The Bertz CT molecular complexity index is 1070. The van der Waals surface area contributed by atoms with E-state index in [4.69, 9.17) is 4.74 Å². The van der Waals surface area contributed by atoms with Gasteiger partial charge in [-0.3, -0.25) is 4.79 Å². The third-order valence-corrected chi connectivity index (χ3v) is 5.73. The first-order valence-corrected chi connectivity index (χ1v) is 9.52. The lowest BCUT2D eigenvalue weighted by Gasteiger charge is -2.28. The van der Waals surface area contributed by atoms with Crippen LogP contribution in [0.3, 0.4) is 0 Å². The van der Waals surface area contributed by atoms with E-state index in [0.717, 1.165) is 5.69 Å². The number of ether oxygens (including phenoxy) is 1. The van der Waals surface area contributed by atoms with Crippen LogP contribution in [0.4, 0.5) is 4.79 Å². The number of benzene rings is 2. The van der Waals surface area contributed by atoms with Gasteiger partial charge in [0.15, 0.2) is 5.43 Å². The number of amides is 1. The van der Waals surface area contributed by atoms with E-state index >= 15 is 0 Å². The van der Waals surface area contributed by atoms with Gasteiger partial charge in [0, 0.05) is 42.4 Å². The second kappa shape index (κ2) is 6.68. The van der Waals surface area contributed by atoms with Gasteiger partial charge in [0.05, 0.1) is 6.54 Å². The monoisotopic (exact) mass is 372 g/mol. The lowest BCUT2D eigenvalue weighted by atomic mass is 9.98. The molecule has 3 aromatic rings. The van der Waals surface area contributed by atoms with Crippen LogP contribution in [0.1, 0.15) is 28.3 Å². The van der Waals surface area contributed by atoms with Crippen molar-refractivity contribution in [2.24, 2.45) is 0 Å². The zero-order chi connectivity index (χ0) is 19.1. The molecule has 140 valence electrons. The molecule has 0 unspecified atom stereocenters. The quantitative estimate of drug-likeness (QED) is 0.746. The van der Waals surface area contributed by atoms with Gasteiger partial charge in [0.25, 0.3) is 0 Å². The molecule has 5 heteroatoms. The van der Waals surface area contributed by atoms with E-state index in [0.29, 0.717) is 31.7 Å². The van der Waals surface area contributed by atoms with Gasteiger partial charge in [-0.1, -0.05) is 48.5 Å². The molecule has 1 aliphatic heterocycles. The molecule has 1 aromatic heterocycles. The maximum Gasteiger partial charge on any atom is 0.410 e. The minimum Gasteiger partial charge on any atom is -0.448 e. The van der Waals surface area contributed by atoms with Gasteiger partial charge in [-0.2, -0.15) is 0 Å². The van der Waals surface area contributed by atoms with E-state index in [1.54, 1.807) is 11.1 Å². The first-order valence-electron chi connectivity index (χ1n) is 9.52. The minimum atomic E-state index is -0.365. The van der Waals surface area contributed by atoms with Crippen LogP contribution in [0.2, 0.25) is 0 Å². The molecule has 5 nitrogen and oxygen atoms in total. The second-order valence-corrected chi connectivity index (χ2v) is 7.27. The van der Waals surface area contributed by atoms with Crippen molar-refractivity contribution in [3.8, 4) is 11.1 Å². The van der Waals surface area contributed by atoms with Crippen LogP contribution < -0.4 is 5.43 Å². The molecule has 0 fully saturated rings. The first kappa shape index (κ1) is 16.8. The summed E-state index contributed by atoms with van der Waals surface area (Å²) >= 11 is 0. The SMILES string of the molecule is O=C(OCC1c2ccccc2-c2ccccc21)N1CCc2[nH]ccc(=O)c2C1. The summed E-state index contributed by atoms with van der Waals surface area (Å²) in [7, 11) is 0. The number of pyridine rings is 1. The molecule has 0 radical (unpaired) electrons. The summed E-state index contributed by atoms with van der Waals surface area (Å²) in [6, 6.07) is 18.0. The molecule has 0 atom stereocenters. The fourth-order valence-corrected chi connectivity index (χ4v) is 4.31. The number of hydrogen-bond donors (Lipinski definition) is 1. The van der Waals surface area contributed by atoms with Gasteiger partial charge in [-0.25, -0.2) is 4.79 Å². The maximum atomic E-state index is 12.7. The van der Waals surface area contributed by atoms with E-state index in [2.05, 4.69) is 29.2 Å². The second-order valence-electron chi connectivity index (χ2n) is 7.27. The zero-order valence-electron chi connectivity index (χ0n) is 15.4. The smallest absolute Gasteiger partial charge is 0.410 e. The summed E-state index contributed by atoms with van der Waals surface area (Å²) in [6.45, 7) is 1.13. The summed E-state index contributed by atoms with van der Waals surface area (Å²) in [5.41, 5.74) is 6.33. The van der Waals surface area contributed by atoms with Crippen molar-refractivity contribution in [3.63, 3.8) is 0 Å². The van der Waals surface area contributed by atoms with Crippen molar-refractivity contribution in [2.75, 3.05) is 13.2 Å². The molecular weight excluding hydrogens is 352 g/mol. The molecule has 28 heavy (non-hydrogen) atoms. The van der Waals surface area contributed by atoms with E-state index < -0.39 is 0 Å². The zero-order valence-corrected chi connectivity index (χ0v) is 15.4. The summed E-state index contributed by atoms with van der Waals surface area (Å²) < 4.78 is 5.71. The molecule has 2 heterocycles. The lowest BCUT2D eigenvalue weighted by molar-refractivity contribution is 0.0949. The van der Waals surface area contributed by atoms with Crippen LogP contribution in [0.15, 0.2) is 65.6 Å². The van der Waals surface area contributed by atoms with Crippen molar-refractivity contribution in [1.82, 2.24) is 9.88 Å². The molecule has 0 saturated heterocycles. The minimum absolute atomic E-state index is 0.0371. The topological polar surface area (TPSA) is 62.4 Å². The number of rotatable bonds is 2. The van der Waals surface area contributed by atoms with Crippen molar-refractivity contribution in [3.05, 3.63) is 93.4 Å². The Labute approximate surface area is 162 Å². The number of nitrogens with one attached hydrogen (secondary N) is 1. The van der Waals surface area contributed by atoms with Gasteiger partial charge < -0.3 is 14.6 Å². The Morgan fingerprint density at radius 3 is 2.43 bits per heavy atom. The highest BCUT2D eigenvalue weighted by molar-refractivity contribution is 5.79. The van der Waals surface area contributed by atoms with Gasteiger partial charge in [0.1, 0.15) is 6.61 Å². The number of hydrogen-bond acceptors (Lipinski definition) is 3. The number of carbonyl (C=O) groups is 1. The average molecular weight is 372 g/mol. The van der Waals surface area contributed by atoms with E-state index in [1.165, 1.54) is 28.3 Å². The molecule has 2 aliphatic rings. The fraction of sp³-hybridized carbons (Fsp3) is 0.217. The predicted octanol–water partition coefficient (Wildman–Crippen LogP) is 3.68. The normalized spacial score (nSPS) is 14.9. The molecular formula is C23H20N2O3. The van der Waals surface area contributed by atoms with Crippen molar-refractivity contribution >= 4 is 6.09 Å². The third kappa shape index (κ3) is 2.71. The van der Waals surface area contributed by atoms with Crippen LogP contribution in [0.25, 0.3) is 11.1 Å². The third-order valence-electron chi connectivity index (χ3n) is 5.73. The van der Waals surface area contributed by atoms with Gasteiger partial charge in [0.2, 0.25) is 0 Å². The van der Waals surface area contributed by atoms with Crippen molar-refractivity contribution in [1.29, 1.82) is 0 Å². The molecule has 0 spiro atoms. The molecule has 5 rings (SSSR count). The lowest BCUT2D eigenvalue weighted by Crippen LogP contribution is -2.39. The number of aromatic nitrogens is 1.